The molecule has 108 valence electrons. The number of hydrogen-bond donors (Lipinski definition) is 0. The first-order valence-corrected chi connectivity index (χ1v) is 7.19. The number of carbonyl (C=O) groups is 2. The average Bonchev–Trinajstić information content (AvgIpc) is 2.48. The number of nitrogens with zero attached hydrogens (tertiary/aromatic N) is 1. The van der Waals surface area contributed by atoms with Gasteiger partial charge >= 0.3 is 5.97 Å². The molecule has 0 atom stereocenters. The maximum atomic E-state index is 12.2. The van der Waals surface area contributed by atoms with Crippen LogP contribution in [0.4, 0.5) is 0 Å². The van der Waals surface area contributed by atoms with E-state index in [1.807, 2.05) is 42.2 Å². The smallest absolute Gasteiger partial charge is 0.309 e. The molecule has 1 aromatic rings. The zero-order valence-electron chi connectivity index (χ0n) is 11.9. The summed E-state index contributed by atoms with van der Waals surface area (Å²) in [5.74, 6) is -0.0307. The standard InChI is InChI=1S/C16H21NO3/c1-2-20-16(19)14-8-10-17(11-9-14)15(18)12-13-6-4-3-5-7-13/h3-7,14H,2,8-12H2,1H3. The first-order valence-electron chi connectivity index (χ1n) is 7.19. The third-order valence-electron chi connectivity index (χ3n) is 3.67. The SMILES string of the molecule is CCOC(=O)C1CCN(C(=O)Cc2ccccc2)CC1. The largest absolute Gasteiger partial charge is 0.466 e. The maximum Gasteiger partial charge on any atom is 0.309 e. The van der Waals surface area contributed by atoms with Crippen LogP contribution < -0.4 is 0 Å². The number of amides is 1. The van der Waals surface area contributed by atoms with Crippen LogP contribution in [0.5, 0.6) is 0 Å². The Morgan fingerprint density at radius 3 is 2.45 bits per heavy atom. The second-order valence-corrected chi connectivity index (χ2v) is 5.07. The fraction of sp³-hybridized carbons (Fsp3) is 0.500. The molecule has 1 amide bonds. The van der Waals surface area contributed by atoms with Crippen LogP contribution in [-0.4, -0.2) is 36.5 Å². The highest BCUT2D eigenvalue weighted by atomic mass is 16.5. The Kier molecular flexibility index (Phi) is 5.16. The second kappa shape index (κ2) is 7.08. The normalized spacial score (nSPS) is 15.9. The molecule has 4 heteroatoms. The third-order valence-corrected chi connectivity index (χ3v) is 3.67. The number of hydrogen-bond acceptors (Lipinski definition) is 3. The summed E-state index contributed by atoms with van der Waals surface area (Å²) in [4.78, 5) is 25.7. The van der Waals surface area contributed by atoms with Crippen LogP contribution in [0.3, 0.4) is 0 Å². The second-order valence-electron chi connectivity index (χ2n) is 5.07. The van der Waals surface area contributed by atoms with E-state index in [1.165, 1.54) is 0 Å². The van der Waals surface area contributed by atoms with Crippen molar-refractivity contribution in [2.75, 3.05) is 19.7 Å². The molecule has 1 heterocycles. The Bertz CT molecular complexity index is 450. The minimum atomic E-state index is -0.123. The van der Waals surface area contributed by atoms with E-state index in [9.17, 15) is 9.59 Å². The van der Waals surface area contributed by atoms with Gasteiger partial charge in [0, 0.05) is 13.1 Å². The van der Waals surface area contributed by atoms with Crippen molar-refractivity contribution in [3.05, 3.63) is 35.9 Å². The quantitative estimate of drug-likeness (QED) is 0.790. The van der Waals surface area contributed by atoms with Gasteiger partial charge in [-0.1, -0.05) is 30.3 Å². The molecule has 0 bridgehead atoms. The zero-order valence-corrected chi connectivity index (χ0v) is 11.9. The molecule has 0 N–H and O–H groups in total. The zero-order chi connectivity index (χ0) is 14.4. The first kappa shape index (κ1) is 14.6. The van der Waals surface area contributed by atoms with Crippen LogP contribution in [-0.2, 0) is 20.7 Å². The van der Waals surface area contributed by atoms with E-state index in [0.717, 1.165) is 5.56 Å². The molecule has 0 radical (unpaired) electrons. The summed E-state index contributed by atoms with van der Waals surface area (Å²) in [6.07, 6.45) is 1.85. The number of esters is 1. The van der Waals surface area contributed by atoms with E-state index in [1.54, 1.807) is 0 Å². The van der Waals surface area contributed by atoms with Crippen molar-refractivity contribution in [3.63, 3.8) is 0 Å². The Morgan fingerprint density at radius 2 is 1.85 bits per heavy atom. The van der Waals surface area contributed by atoms with Crippen LogP contribution in [0.25, 0.3) is 0 Å². The molecular weight excluding hydrogens is 254 g/mol. The van der Waals surface area contributed by atoms with Gasteiger partial charge in [-0.2, -0.15) is 0 Å². The summed E-state index contributed by atoms with van der Waals surface area (Å²) in [5, 5.41) is 0. The van der Waals surface area contributed by atoms with Crippen LogP contribution in [0.15, 0.2) is 30.3 Å². The molecule has 1 fully saturated rings. The molecule has 0 saturated carbocycles. The summed E-state index contributed by atoms with van der Waals surface area (Å²) in [6.45, 7) is 3.53. The van der Waals surface area contributed by atoms with Crippen LogP contribution in [0, 0.1) is 5.92 Å². The van der Waals surface area contributed by atoms with Gasteiger partial charge in [0.05, 0.1) is 18.9 Å². The number of carbonyl (C=O) groups excluding carboxylic acids is 2. The summed E-state index contributed by atoms with van der Waals surface area (Å²) in [6, 6.07) is 9.75. The van der Waals surface area contributed by atoms with E-state index >= 15 is 0 Å². The average molecular weight is 275 g/mol. The third kappa shape index (κ3) is 3.83. The van der Waals surface area contributed by atoms with Crippen LogP contribution in [0.2, 0.25) is 0 Å². The van der Waals surface area contributed by atoms with Gasteiger partial charge in [-0.25, -0.2) is 0 Å². The lowest BCUT2D eigenvalue weighted by molar-refractivity contribution is -0.151. The lowest BCUT2D eigenvalue weighted by Crippen LogP contribution is -2.41. The molecule has 1 aliphatic rings. The fourth-order valence-electron chi connectivity index (χ4n) is 2.51. The summed E-state index contributed by atoms with van der Waals surface area (Å²) in [5.41, 5.74) is 1.03. The maximum absolute atomic E-state index is 12.2. The summed E-state index contributed by atoms with van der Waals surface area (Å²) in [7, 11) is 0. The van der Waals surface area contributed by atoms with Crippen molar-refractivity contribution in [2.45, 2.75) is 26.2 Å². The highest BCUT2D eigenvalue weighted by molar-refractivity contribution is 5.79. The number of rotatable bonds is 4. The minimum Gasteiger partial charge on any atom is -0.466 e. The minimum absolute atomic E-state index is 0.0456. The molecule has 20 heavy (non-hydrogen) atoms. The molecule has 2 rings (SSSR count). The Labute approximate surface area is 119 Å². The van der Waals surface area contributed by atoms with Gasteiger partial charge in [0.1, 0.15) is 0 Å². The Hall–Kier alpha value is -1.84. The molecule has 0 aromatic heterocycles. The van der Waals surface area contributed by atoms with Crippen molar-refractivity contribution < 1.29 is 14.3 Å². The monoisotopic (exact) mass is 275 g/mol. The predicted molar refractivity (Wildman–Crippen MR) is 76.1 cm³/mol. The molecule has 1 aromatic carbocycles. The summed E-state index contributed by atoms with van der Waals surface area (Å²) < 4.78 is 5.03. The Balaban J connectivity index is 1.81. The van der Waals surface area contributed by atoms with Crippen LogP contribution in [0.1, 0.15) is 25.3 Å². The van der Waals surface area contributed by atoms with Gasteiger partial charge in [-0.3, -0.25) is 9.59 Å². The molecular formula is C16H21NO3. The van der Waals surface area contributed by atoms with E-state index in [2.05, 4.69) is 0 Å². The van der Waals surface area contributed by atoms with Gasteiger partial charge in [-0.05, 0) is 25.3 Å². The van der Waals surface area contributed by atoms with E-state index in [0.29, 0.717) is 39.0 Å². The number of piperidine rings is 1. The lowest BCUT2D eigenvalue weighted by atomic mass is 9.96. The van der Waals surface area contributed by atoms with E-state index in [-0.39, 0.29) is 17.8 Å². The highest BCUT2D eigenvalue weighted by Crippen LogP contribution is 2.19. The molecule has 4 nitrogen and oxygen atoms in total. The number of likely N-dealkylation sites (tertiary alicyclic amines) is 1. The van der Waals surface area contributed by atoms with Crippen LogP contribution >= 0.6 is 0 Å². The van der Waals surface area contributed by atoms with E-state index in [4.69, 9.17) is 4.74 Å². The molecule has 0 spiro atoms. The predicted octanol–water partition coefficient (Wildman–Crippen LogP) is 2.03. The number of benzene rings is 1. The van der Waals surface area contributed by atoms with Crippen molar-refractivity contribution in [1.82, 2.24) is 4.90 Å². The molecule has 0 unspecified atom stereocenters. The Morgan fingerprint density at radius 1 is 1.20 bits per heavy atom. The van der Waals surface area contributed by atoms with Crippen molar-refractivity contribution in [2.24, 2.45) is 5.92 Å². The van der Waals surface area contributed by atoms with Gasteiger partial charge in [-0.15, -0.1) is 0 Å². The fourth-order valence-corrected chi connectivity index (χ4v) is 2.51. The van der Waals surface area contributed by atoms with Gasteiger partial charge in [0.2, 0.25) is 5.91 Å². The lowest BCUT2D eigenvalue weighted by Gasteiger charge is -2.31. The van der Waals surface area contributed by atoms with Crippen molar-refractivity contribution in [1.29, 1.82) is 0 Å². The van der Waals surface area contributed by atoms with Crippen molar-refractivity contribution >= 4 is 11.9 Å². The van der Waals surface area contributed by atoms with E-state index < -0.39 is 0 Å². The first-order chi connectivity index (χ1) is 9.70. The molecule has 0 aliphatic carbocycles. The van der Waals surface area contributed by atoms with Gasteiger partial charge in [0.15, 0.2) is 0 Å². The highest BCUT2D eigenvalue weighted by Gasteiger charge is 2.27. The summed E-state index contributed by atoms with van der Waals surface area (Å²) >= 11 is 0. The molecule has 1 saturated heterocycles. The topological polar surface area (TPSA) is 46.6 Å². The number of ether oxygens (including phenoxy) is 1. The molecule has 1 aliphatic heterocycles. The van der Waals surface area contributed by atoms with Crippen molar-refractivity contribution in [3.8, 4) is 0 Å². The van der Waals surface area contributed by atoms with Gasteiger partial charge < -0.3 is 9.64 Å². The van der Waals surface area contributed by atoms with Gasteiger partial charge in [0.25, 0.3) is 0 Å².